The number of aliphatic carboxylic acids is 1. The molecule has 7 heteroatoms. The molecule has 3 aromatic rings. The number of carboxylic acid groups (broad SMARTS) is 1. The van der Waals surface area contributed by atoms with Gasteiger partial charge >= 0.3 is 5.97 Å². The predicted octanol–water partition coefficient (Wildman–Crippen LogP) is 4.15. The minimum atomic E-state index is -0.834. The van der Waals surface area contributed by atoms with Gasteiger partial charge in [0.15, 0.2) is 11.0 Å². The fourth-order valence-corrected chi connectivity index (χ4v) is 3.28. The molecule has 0 aliphatic rings. The second-order valence-corrected chi connectivity index (χ2v) is 6.48. The first-order valence-corrected chi connectivity index (χ1v) is 8.63. The van der Waals surface area contributed by atoms with Crippen LogP contribution in [-0.2, 0) is 4.79 Å². The molecule has 0 bridgehead atoms. The molecule has 0 radical (unpaired) electrons. The van der Waals surface area contributed by atoms with Gasteiger partial charge in [-0.2, -0.15) is 0 Å². The molecule has 24 heavy (non-hydrogen) atoms. The van der Waals surface area contributed by atoms with Crippen molar-refractivity contribution in [2.75, 3.05) is 5.75 Å². The molecule has 0 atom stereocenters. The van der Waals surface area contributed by atoms with E-state index < -0.39 is 5.97 Å². The first-order valence-electron chi connectivity index (χ1n) is 7.26. The van der Waals surface area contributed by atoms with Crippen molar-refractivity contribution in [3.05, 3.63) is 59.6 Å². The van der Waals surface area contributed by atoms with Gasteiger partial charge in [-0.3, -0.25) is 9.36 Å². The Balaban J connectivity index is 2.04. The van der Waals surface area contributed by atoms with Crippen LogP contribution in [0.2, 0.25) is 5.02 Å². The number of carbonyl (C=O) groups is 1. The summed E-state index contributed by atoms with van der Waals surface area (Å²) in [5, 5.41) is 18.6. The molecule has 0 amide bonds. The van der Waals surface area contributed by atoms with E-state index in [-0.39, 0.29) is 6.42 Å². The first-order chi connectivity index (χ1) is 11.6. The van der Waals surface area contributed by atoms with Crippen LogP contribution in [0.1, 0.15) is 6.42 Å². The highest BCUT2D eigenvalue weighted by atomic mass is 35.5. The molecule has 2 aromatic carbocycles. The van der Waals surface area contributed by atoms with E-state index in [0.717, 1.165) is 11.3 Å². The van der Waals surface area contributed by atoms with Gasteiger partial charge < -0.3 is 5.11 Å². The molecule has 0 aliphatic carbocycles. The molecule has 122 valence electrons. The lowest BCUT2D eigenvalue weighted by molar-refractivity contribution is -0.136. The molecule has 0 spiro atoms. The third kappa shape index (κ3) is 3.77. The van der Waals surface area contributed by atoms with Crippen LogP contribution >= 0.6 is 23.4 Å². The van der Waals surface area contributed by atoms with Crippen molar-refractivity contribution in [2.45, 2.75) is 11.6 Å². The summed E-state index contributed by atoms with van der Waals surface area (Å²) in [4.78, 5) is 10.7. The van der Waals surface area contributed by atoms with Crippen LogP contribution < -0.4 is 0 Å². The van der Waals surface area contributed by atoms with Crippen molar-refractivity contribution >= 4 is 29.3 Å². The van der Waals surface area contributed by atoms with Crippen LogP contribution in [0, 0.1) is 0 Å². The lowest BCUT2D eigenvalue weighted by Crippen LogP contribution is -2.01. The highest BCUT2D eigenvalue weighted by Crippen LogP contribution is 2.29. The van der Waals surface area contributed by atoms with E-state index in [1.807, 2.05) is 53.1 Å². The smallest absolute Gasteiger partial charge is 0.304 e. The van der Waals surface area contributed by atoms with Crippen LogP contribution in [0.15, 0.2) is 59.8 Å². The second-order valence-electron chi connectivity index (χ2n) is 4.98. The van der Waals surface area contributed by atoms with Crippen LogP contribution in [0.25, 0.3) is 17.1 Å². The number of hydrogen-bond acceptors (Lipinski definition) is 4. The van der Waals surface area contributed by atoms with Crippen LogP contribution in [0.4, 0.5) is 0 Å². The molecule has 5 nitrogen and oxygen atoms in total. The number of thioether (sulfide) groups is 1. The summed E-state index contributed by atoms with van der Waals surface area (Å²) in [5.41, 5.74) is 1.76. The number of carboxylic acids is 1. The number of benzene rings is 2. The van der Waals surface area contributed by atoms with Crippen LogP contribution in [0.3, 0.4) is 0 Å². The maximum absolute atomic E-state index is 10.7. The molecule has 0 saturated heterocycles. The summed E-state index contributed by atoms with van der Waals surface area (Å²) in [6.45, 7) is 0. The Morgan fingerprint density at radius 2 is 1.92 bits per heavy atom. The summed E-state index contributed by atoms with van der Waals surface area (Å²) in [6, 6.07) is 17.1. The van der Waals surface area contributed by atoms with E-state index in [2.05, 4.69) is 10.2 Å². The van der Waals surface area contributed by atoms with E-state index in [1.54, 1.807) is 6.07 Å². The van der Waals surface area contributed by atoms with Crippen molar-refractivity contribution in [1.82, 2.24) is 14.8 Å². The third-order valence-electron chi connectivity index (χ3n) is 3.28. The molecular formula is C17H14ClN3O2S. The van der Waals surface area contributed by atoms with Crippen molar-refractivity contribution in [1.29, 1.82) is 0 Å². The van der Waals surface area contributed by atoms with Gasteiger partial charge in [0.05, 0.1) is 12.1 Å². The van der Waals surface area contributed by atoms with E-state index >= 15 is 0 Å². The number of nitrogens with zero attached hydrogens (tertiary/aromatic N) is 3. The van der Waals surface area contributed by atoms with Crippen LogP contribution in [0.5, 0.6) is 0 Å². The van der Waals surface area contributed by atoms with Crippen molar-refractivity contribution in [3.63, 3.8) is 0 Å². The normalized spacial score (nSPS) is 10.7. The summed E-state index contributed by atoms with van der Waals surface area (Å²) in [7, 11) is 0. The van der Waals surface area contributed by atoms with Gasteiger partial charge in [-0.25, -0.2) is 0 Å². The Morgan fingerprint density at radius 3 is 2.62 bits per heavy atom. The van der Waals surface area contributed by atoms with Gasteiger partial charge in [-0.15, -0.1) is 10.2 Å². The summed E-state index contributed by atoms with van der Waals surface area (Å²) < 4.78 is 1.90. The van der Waals surface area contributed by atoms with E-state index in [1.165, 1.54) is 11.8 Å². The van der Waals surface area contributed by atoms with Crippen molar-refractivity contribution in [2.24, 2.45) is 0 Å². The fraction of sp³-hybridized carbons (Fsp3) is 0.118. The van der Waals surface area contributed by atoms with Gasteiger partial charge in [0.25, 0.3) is 0 Å². The molecule has 3 rings (SSSR count). The maximum atomic E-state index is 10.7. The van der Waals surface area contributed by atoms with E-state index in [9.17, 15) is 4.79 Å². The van der Waals surface area contributed by atoms with Crippen molar-refractivity contribution < 1.29 is 9.90 Å². The Kier molecular flexibility index (Phi) is 5.17. The average Bonchev–Trinajstić information content (AvgIpc) is 2.99. The third-order valence-corrected chi connectivity index (χ3v) is 4.44. The highest BCUT2D eigenvalue weighted by Gasteiger charge is 2.16. The highest BCUT2D eigenvalue weighted by molar-refractivity contribution is 7.99. The SMILES string of the molecule is O=C(O)CCSc1nnc(-c2ccccc2)n1-c1cccc(Cl)c1. The molecule has 1 aromatic heterocycles. The number of aromatic nitrogens is 3. The summed E-state index contributed by atoms with van der Waals surface area (Å²) in [5.74, 6) is 0.276. The van der Waals surface area contributed by atoms with E-state index in [0.29, 0.717) is 21.8 Å². The predicted molar refractivity (Wildman–Crippen MR) is 94.8 cm³/mol. The number of hydrogen-bond donors (Lipinski definition) is 1. The lowest BCUT2D eigenvalue weighted by Gasteiger charge is -2.10. The average molecular weight is 360 g/mol. The van der Waals surface area contributed by atoms with E-state index in [4.69, 9.17) is 16.7 Å². The molecule has 0 fully saturated rings. The number of rotatable bonds is 6. The standard InChI is InChI=1S/C17H14ClN3O2S/c18-13-7-4-8-14(11-13)21-16(12-5-2-1-3-6-12)19-20-17(21)24-10-9-15(22)23/h1-8,11H,9-10H2,(H,22,23). The van der Waals surface area contributed by atoms with Gasteiger partial charge in [0.2, 0.25) is 0 Å². The minimum Gasteiger partial charge on any atom is -0.481 e. The van der Waals surface area contributed by atoms with Gasteiger partial charge in [0.1, 0.15) is 0 Å². The lowest BCUT2D eigenvalue weighted by atomic mass is 10.2. The zero-order valence-electron chi connectivity index (χ0n) is 12.6. The molecule has 0 unspecified atom stereocenters. The quantitative estimate of drug-likeness (QED) is 0.669. The Morgan fingerprint density at radius 1 is 1.12 bits per heavy atom. The van der Waals surface area contributed by atoms with Crippen LogP contribution in [-0.4, -0.2) is 31.6 Å². The minimum absolute atomic E-state index is 0.0632. The molecule has 1 heterocycles. The zero-order chi connectivity index (χ0) is 16.9. The maximum Gasteiger partial charge on any atom is 0.304 e. The summed E-state index contributed by atoms with van der Waals surface area (Å²) >= 11 is 7.48. The van der Waals surface area contributed by atoms with Gasteiger partial charge in [-0.1, -0.05) is 59.8 Å². The number of halogens is 1. The second kappa shape index (κ2) is 7.51. The van der Waals surface area contributed by atoms with Gasteiger partial charge in [-0.05, 0) is 18.2 Å². The zero-order valence-corrected chi connectivity index (χ0v) is 14.2. The molecular weight excluding hydrogens is 346 g/mol. The summed E-state index contributed by atoms with van der Waals surface area (Å²) in [6.07, 6.45) is 0.0632. The van der Waals surface area contributed by atoms with Gasteiger partial charge in [0, 0.05) is 16.3 Å². The topological polar surface area (TPSA) is 68.0 Å². The molecule has 0 saturated carbocycles. The Hall–Kier alpha value is -2.31. The Bertz CT molecular complexity index is 852. The first kappa shape index (κ1) is 16.5. The van der Waals surface area contributed by atoms with Crippen molar-refractivity contribution in [3.8, 4) is 17.1 Å². The monoisotopic (exact) mass is 359 g/mol. The fourth-order valence-electron chi connectivity index (χ4n) is 2.22. The largest absolute Gasteiger partial charge is 0.481 e. The molecule has 0 aliphatic heterocycles. The Labute approximate surface area is 148 Å². The molecule has 1 N–H and O–H groups in total.